The molecular weight excluding hydrogens is 490 g/mol. The van der Waals surface area contributed by atoms with Gasteiger partial charge >= 0.3 is 12.1 Å². The van der Waals surface area contributed by atoms with Crippen molar-refractivity contribution in [3.8, 4) is 22.5 Å². The Morgan fingerprint density at radius 1 is 0.897 bits per heavy atom. The van der Waals surface area contributed by atoms with Crippen molar-refractivity contribution < 1.29 is 19.4 Å². The van der Waals surface area contributed by atoms with E-state index in [0.29, 0.717) is 11.5 Å². The van der Waals surface area contributed by atoms with Gasteiger partial charge in [0.25, 0.3) is 0 Å². The van der Waals surface area contributed by atoms with E-state index in [0.717, 1.165) is 27.8 Å². The first-order valence-corrected chi connectivity index (χ1v) is 12.9. The number of hydrogen-bond acceptors (Lipinski definition) is 5. The number of aryl methyl sites for hydroxylation is 1. The predicted molar refractivity (Wildman–Crippen MR) is 150 cm³/mol. The summed E-state index contributed by atoms with van der Waals surface area (Å²) in [5, 5.41) is 12.5. The Balaban J connectivity index is 1.32. The van der Waals surface area contributed by atoms with Crippen LogP contribution in [0.3, 0.4) is 0 Å². The molecule has 5 rings (SSSR count). The van der Waals surface area contributed by atoms with Gasteiger partial charge in [0.05, 0.1) is 17.9 Å². The van der Waals surface area contributed by atoms with Crippen LogP contribution < -0.4 is 5.32 Å². The summed E-state index contributed by atoms with van der Waals surface area (Å²) in [5.41, 5.74) is 6.99. The van der Waals surface area contributed by atoms with E-state index in [1.54, 1.807) is 6.92 Å². The maximum atomic E-state index is 12.7. The Bertz CT molecular complexity index is 1510. The summed E-state index contributed by atoms with van der Waals surface area (Å²) < 4.78 is 5.61. The molecule has 1 amide bonds. The normalized spacial score (nSPS) is 12.5. The summed E-state index contributed by atoms with van der Waals surface area (Å²) >= 11 is 0. The van der Waals surface area contributed by atoms with Crippen LogP contribution in [-0.4, -0.2) is 33.7 Å². The monoisotopic (exact) mass is 521 g/mol. The van der Waals surface area contributed by atoms with Crippen LogP contribution in [0.25, 0.3) is 22.5 Å². The van der Waals surface area contributed by atoms with Gasteiger partial charge in [-0.05, 0) is 40.2 Å². The Morgan fingerprint density at radius 3 is 2.05 bits per heavy atom. The highest BCUT2D eigenvalue weighted by molar-refractivity contribution is 5.90. The van der Waals surface area contributed by atoms with Gasteiger partial charge in [-0.2, -0.15) is 0 Å². The molecule has 1 heterocycles. The van der Waals surface area contributed by atoms with Crippen molar-refractivity contribution in [1.82, 2.24) is 15.3 Å². The first-order valence-electron chi connectivity index (χ1n) is 12.9. The molecule has 0 saturated heterocycles. The van der Waals surface area contributed by atoms with Gasteiger partial charge in [0, 0.05) is 11.5 Å². The number of carbonyl (C=O) groups is 2. The second-order valence-electron chi connectivity index (χ2n) is 10.8. The number of nitrogens with one attached hydrogen (secondary N) is 1. The smallest absolute Gasteiger partial charge is 0.407 e. The van der Waals surface area contributed by atoms with Gasteiger partial charge in [-0.3, -0.25) is 0 Å². The number of carboxylic acids is 1. The molecule has 0 radical (unpaired) electrons. The van der Waals surface area contributed by atoms with E-state index in [1.807, 2.05) is 48.5 Å². The van der Waals surface area contributed by atoms with Crippen molar-refractivity contribution in [2.75, 3.05) is 6.61 Å². The van der Waals surface area contributed by atoms with Gasteiger partial charge in [-0.15, -0.1) is 0 Å². The minimum absolute atomic E-state index is 0.000561. The number of hydrogen-bond donors (Lipinski definition) is 2. The highest BCUT2D eigenvalue weighted by atomic mass is 16.5. The first kappa shape index (κ1) is 26.1. The lowest BCUT2D eigenvalue weighted by molar-refractivity contribution is 0.0693. The molecule has 39 heavy (non-hydrogen) atoms. The quantitative estimate of drug-likeness (QED) is 0.301. The fourth-order valence-corrected chi connectivity index (χ4v) is 5.09. The zero-order valence-corrected chi connectivity index (χ0v) is 22.5. The van der Waals surface area contributed by atoms with Gasteiger partial charge in [0.1, 0.15) is 12.2 Å². The molecule has 7 nitrogen and oxygen atoms in total. The maximum absolute atomic E-state index is 12.7. The summed E-state index contributed by atoms with van der Waals surface area (Å²) in [4.78, 5) is 33.7. The zero-order chi connectivity index (χ0) is 27.7. The lowest BCUT2D eigenvalue weighted by Gasteiger charge is -2.19. The molecule has 2 N–H and O–H groups in total. The average molecular weight is 522 g/mol. The average Bonchev–Trinajstić information content (AvgIpc) is 3.23. The number of ether oxygens (including phenoxy) is 1. The number of aromatic carboxylic acids is 1. The molecule has 4 aromatic rings. The van der Waals surface area contributed by atoms with Gasteiger partial charge in [-0.1, -0.05) is 93.6 Å². The van der Waals surface area contributed by atoms with Crippen molar-refractivity contribution >= 4 is 12.1 Å². The summed E-state index contributed by atoms with van der Waals surface area (Å²) in [5.74, 6) is -0.810. The number of alkyl carbamates (subject to hydrolysis) is 1. The lowest BCUT2D eigenvalue weighted by Crippen LogP contribution is -2.27. The molecule has 1 aliphatic carbocycles. The third-order valence-corrected chi connectivity index (χ3v) is 7.13. The van der Waals surface area contributed by atoms with Crippen LogP contribution in [0.5, 0.6) is 0 Å². The molecule has 1 aliphatic rings. The molecule has 198 valence electrons. The lowest BCUT2D eigenvalue weighted by atomic mass is 9.86. The molecule has 7 heteroatoms. The predicted octanol–water partition coefficient (Wildman–Crippen LogP) is 6.49. The van der Waals surface area contributed by atoms with E-state index >= 15 is 0 Å². The zero-order valence-electron chi connectivity index (χ0n) is 22.5. The number of nitrogens with zero attached hydrogens (tertiary/aromatic N) is 2. The van der Waals surface area contributed by atoms with E-state index < -0.39 is 12.1 Å². The first-order chi connectivity index (χ1) is 18.6. The molecule has 0 bridgehead atoms. The van der Waals surface area contributed by atoms with Crippen molar-refractivity contribution in [2.24, 2.45) is 0 Å². The largest absolute Gasteiger partial charge is 0.478 e. The minimum Gasteiger partial charge on any atom is -0.478 e. The van der Waals surface area contributed by atoms with Crippen molar-refractivity contribution in [3.05, 3.63) is 106 Å². The Morgan fingerprint density at radius 2 is 1.49 bits per heavy atom. The van der Waals surface area contributed by atoms with E-state index in [4.69, 9.17) is 4.74 Å². The summed E-state index contributed by atoms with van der Waals surface area (Å²) in [6.45, 7) is 8.11. The molecule has 0 saturated carbocycles. The maximum Gasteiger partial charge on any atom is 0.407 e. The Hall–Kier alpha value is -4.52. The molecule has 0 spiro atoms. The van der Waals surface area contributed by atoms with Crippen LogP contribution in [-0.2, 0) is 16.7 Å². The Labute approximate surface area is 227 Å². The number of rotatable bonds is 6. The van der Waals surface area contributed by atoms with Crippen LogP contribution >= 0.6 is 0 Å². The molecule has 0 aliphatic heterocycles. The number of carbonyl (C=O) groups excluding carboxylic acids is 1. The number of amides is 1. The topological polar surface area (TPSA) is 101 Å². The third kappa shape index (κ3) is 5.25. The van der Waals surface area contributed by atoms with Crippen molar-refractivity contribution in [3.63, 3.8) is 0 Å². The molecular formula is C32H31N3O4. The number of carboxylic acid groups (broad SMARTS) is 1. The molecule has 1 aromatic heterocycles. The molecule has 0 atom stereocenters. The standard InChI is InChI=1S/C32H31N3O4/c1-19-28(30(36)37)27(35-29(34-19)20-13-15-21(16-14-20)32(2,3)4)17-33-31(38)39-18-26-24-11-7-5-9-22(24)23-10-6-8-12-25(23)26/h5-16,26H,17-18H2,1-4H3,(H,33,38)(H,36,37). The molecule has 0 fully saturated rings. The Kier molecular flexibility index (Phi) is 6.91. The summed E-state index contributed by atoms with van der Waals surface area (Å²) in [6, 6.07) is 24.1. The van der Waals surface area contributed by atoms with E-state index in [2.05, 4.69) is 60.3 Å². The van der Waals surface area contributed by atoms with Crippen LogP contribution in [0.4, 0.5) is 4.79 Å². The van der Waals surface area contributed by atoms with Gasteiger partial charge in [0.2, 0.25) is 0 Å². The van der Waals surface area contributed by atoms with E-state index in [9.17, 15) is 14.7 Å². The summed E-state index contributed by atoms with van der Waals surface area (Å²) in [6.07, 6.45) is -0.638. The van der Waals surface area contributed by atoms with E-state index in [1.165, 1.54) is 5.56 Å². The molecule has 0 unspecified atom stereocenters. The molecule has 3 aromatic carbocycles. The van der Waals surface area contributed by atoms with Crippen LogP contribution in [0.2, 0.25) is 0 Å². The van der Waals surface area contributed by atoms with Crippen LogP contribution in [0.15, 0.2) is 72.8 Å². The second-order valence-corrected chi connectivity index (χ2v) is 10.8. The van der Waals surface area contributed by atoms with Gasteiger partial charge < -0.3 is 15.2 Å². The second kappa shape index (κ2) is 10.3. The van der Waals surface area contributed by atoms with Crippen molar-refractivity contribution in [1.29, 1.82) is 0 Å². The SMILES string of the molecule is Cc1nc(-c2ccc(C(C)(C)C)cc2)nc(CNC(=O)OCC2c3ccccc3-c3ccccc32)c1C(=O)O. The van der Waals surface area contributed by atoms with E-state index in [-0.39, 0.29) is 35.7 Å². The van der Waals surface area contributed by atoms with Gasteiger partial charge in [-0.25, -0.2) is 19.6 Å². The minimum atomic E-state index is -1.15. The highest BCUT2D eigenvalue weighted by Crippen LogP contribution is 2.44. The van der Waals surface area contributed by atoms with Crippen molar-refractivity contribution in [2.45, 2.75) is 45.6 Å². The number of benzene rings is 3. The summed E-state index contributed by atoms with van der Waals surface area (Å²) in [7, 11) is 0. The van der Waals surface area contributed by atoms with Crippen LogP contribution in [0, 0.1) is 6.92 Å². The number of aromatic nitrogens is 2. The number of fused-ring (bicyclic) bond motifs is 3. The third-order valence-electron chi connectivity index (χ3n) is 7.13. The van der Waals surface area contributed by atoms with Gasteiger partial charge in [0.15, 0.2) is 5.82 Å². The highest BCUT2D eigenvalue weighted by Gasteiger charge is 2.29. The fourth-order valence-electron chi connectivity index (χ4n) is 5.09. The van der Waals surface area contributed by atoms with Crippen LogP contribution in [0.1, 0.15) is 65.1 Å². The fraction of sp³-hybridized carbons (Fsp3) is 0.250.